The first kappa shape index (κ1) is 14.7. The largest absolute Gasteiger partial charge is 0.310 e. The quantitative estimate of drug-likeness (QED) is 0.696. The fourth-order valence-electron chi connectivity index (χ4n) is 2.55. The van der Waals surface area contributed by atoms with Gasteiger partial charge in [0, 0.05) is 28.2 Å². The summed E-state index contributed by atoms with van der Waals surface area (Å²) >= 11 is 3.60. The second-order valence-corrected chi connectivity index (χ2v) is 7.13. The average molecular weight is 316 g/mol. The van der Waals surface area contributed by atoms with Crippen LogP contribution in [-0.2, 0) is 6.42 Å². The Bertz CT molecular complexity index is 714. The number of aryl methyl sites for hydroxylation is 1. The lowest BCUT2D eigenvalue weighted by atomic mass is 10.0. The minimum Gasteiger partial charge on any atom is -0.310 e. The fraction of sp³-hybridized carbons (Fsp3) is 0.353. The molecule has 110 valence electrons. The van der Waals surface area contributed by atoms with E-state index >= 15 is 0 Å². The van der Waals surface area contributed by atoms with Crippen LogP contribution in [0.4, 0.5) is 0 Å². The van der Waals surface area contributed by atoms with Crippen molar-refractivity contribution in [2.24, 2.45) is 0 Å². The van der Waals surface area contributed by atoms with Crippen LogP contribution in [0.25, 0.3) is 10.1 Å². The van der Waals surface area contributed by atoms with E-state index < -0.39 is 0 Å². The second-order valence-electron chi connectivity index (χ2n) is 5.28. The number of hydrogen-bond donors (Lipinski definition) is 1. The number of rotatable bonds is 6. The molecule has 0 bridgehead atoms. The molecule has 0 aliphatic carbocycles. The predicted octanol–water partition coefficient (Wildman–Crippen LogP) is 4.95. The van der Waals surface area contributed by atoms with E-state index in [2.05, 4.69) is 59.2 Å². The molecule has 0 radical (unpaired) electrons. The summed E-state index contributed by atoms with van der Waals surface area (Å²) in [7, 11) is 0. The van der Waals surface area contributed by atoms with E-state index in [-0.39, 0.29) is 0 Å². The van der Waals surface area contributed by atoms with Gasteiger partial charge >= 0.3 is 0 Å². The highest BCUT2D eigenvalue weighted by Crippen LogP contribution is 2.32. The summed E-state index contributed by atoms with van der Waals surface area (Å²) in [5.74, 6) is 0. The Morgan fingerprint density at radius 2 is 2.05 bits per heavy atom. The fourth-order valence-corrected chi connectivity index (χ4v) is 4.38. The molecule has 21 heavy (non-hydrogen) atoms. The van der Waals surface area contributed by atoms with Gasteiger partial charge in [0.25, 0.3) is 0 Å². The van der Waals surface area contributed by atoms with E-state index in [9.17, 15) is 0 Å². The molecule has 0 saturated carbocycles. The number of thiazole rings is 1. The van der Waals surface area contributed by atoms with Gasteiger partial charge in [-0.1, -0.05) is 25.1 Å². The summed E-state index contributed by atoms with van der Waals surface area (Å²) in [5, 5.41) is 10.7. The van der Waals surface area contributed by atoms with Crippen molar-refractivity contribution in [2.45, 2.75) is 32.7 Å². The number of nitrogens with zero attached hydrogens (tertiary/aromatic N) is 1. The van der Waals surface area contributed by atoms with Crippen LogP contribution in [0.1, 0.15) is 35.7 Å². The van der Waals surface area contributed by atoms with E-state index in [4.69, 9.17) is 0 Å². The lowest BCUT2D eigenvalue weighted by molar-refractivity contribution is 0.532. The first-order valence-corrected chi connectivity index (χ1v) is 9.14. The van der Waals surface area contributed by atoms with Gasteiger partial charge in [-0.25, -0.2) is 4.98 Å². The van der Waals surface area contributed by atoms with Crippen LogP contribution in [-0.4, -0.2) is 11.5 Å². The Morgan fingerprint density at radius 3 is 2.81 bits per heavy atom. The zero-order valence-electron chi connectivity index (χ0n) is 12.4. The van der Waals surface area contributed by atoms with Gasteiger partial charge in [-0.2, -0.15) is 0 Å². The molecule has 3 rings (SSSR count). The van der Waals surface area contributed by atoms with Gasteiger partial charge in [-0.15, -0.1) is 22.7 Å². The maximum Gasteiger partial charge on any atom is 0.0947 e. The van der Waals surface area contributed by atoms with Crippen LogP contribution in [0.5, 0.6) is 0 Å². The van der Waals surface area contributed by atoms with E-state index in [1.807, 2.05) is 11.3 Å². The van der Waals surface area contributed by atoms with Gasteiger partial charge in [-0.3, -0.25) is 0 Å². The zero-order chi connectivity index (χ0) is 14.7. The lowest BCUT2D eigenvalue weighted by Crippen LogP contribution is -2.23. The van der Waals surface area contributed by atoms with E-state index in [0.717, 1.165) is 25.1 Å². The number of hydrogen-bond acceptors (Lipinski definition) is 4. The Balaban J connectivity index is 1.91. The summed E-state index contributed by atoms with van der Waals surface area (Å²) in [6.45, 7) is 5.32. The molecule has 1 atom stereocenters. The van der Waals surface area contributed by atoms with Crippen molar-refractivity contribution in [3.05, 3.63) is 51.3 Å². The summed E-state index contributed by atoms with van der Waals surface area (Å²) < 4.78 is 1.37. The van der Waals surface area contributed by atoms with Crippen LogP contribution in [0.3, 0.4) is 0 Å². The average Bonchev–Trinajstić information content (AvgIpc) is 3.09. The van der Waals surface area contributed by atoms with Gasteiger partial charge in [0.15, 0.2) is 0 Å². The van der Waals surface area contributed by atoms with Crippen molar-refractivity contribution in [1.82, 2.24) is 10.3 Å². The van der Waals surface area contributed by atoms with Crippen LogP contribution < -0.4 is 5.32 Å². The molecule has 2 aromatic heterocycles. The molecule has 0 fully saturated rings. The summed E-state index contributed by atoms with van der Waals surface area (Å²) in [4.78, 5) is 4.63. The van der Waals surface area contributed by atoms with E-state index in [1.165, 1.54) is 20.7 Å². The number of thiophene rings is 1. The van der Waals surface area contributed by atoms with Crippen molar-refractivity contribution >= 4 is 32.8 Å². The third kappa shape index (κ3) is 3.34. The molecule has 3 aromatic rings. The molecule has 1 N–H and O–H groups in total. The van der Waals surface area contributed by atoms with Gasteiger partial charge in [0.2, 0.25) is 0 Å². The number of aromatic nitrogens is 1. The Kier molecular flexibility index (Phi) is 4.68. The highest BCUT2D eigenvalue weighted by molar-refractivity contribution is 7.17. The maximum atomic E-state index is 4.63. The number of fused-ring (bicyclic) bond motifs is 1. The maximum absolute atomic E-state index is 4.63. The number of benzene rings is 1. The molecule has 0 amide bonds. The molecule has 0 aliphatic rings. The minimum atomic E-state index is 0.353. The van der Waals surface area contributed by atoms with Crippen molar-refractivity contribution in [1.29, 1.82) is 0 Å². The molecule has 2 heterocycles. The molecular weight excluding hydrogens is 296 g/mol. The van der Waals surface area contributed by atoms with E-state index in [1.54, 1.807) is 11.3 Å². The Hall–Kier alpha value is -1.23. The first-order chi connectivity index (χ1) is 10.3. The molecule has 0 saturated heterocycles. The second kappa shape index (κ2) is 6.69. The molecule has 1 aromatic carbocycles. The van der Waals surface area contributed by atoms with Crippen LogP contribution in [0, 0.1) is 6.92 Å². The van der Waals surface area contributed by atoms with Crippen molar-refractivity contribution in [3.63, 3.8) is 0 Å². The van der Waals surface area contributed by atoms with Crippen LogP contribution in [0.15, 0.2) is 35.0 Å². The Labute approximate surface area is 133 Å². The molecule has 4 heteroatoms. The molecule has 0 spiro atoms. The monoisotopic (exact) mass is 316 g/mol. The van der Waals surface area contributed by atoms with Crippen molar-refractivity contribution < 1.29 is 0 Å². The molecule has 1 unspecified atom stereocenters. The van der Waals surface area contributed by atoms with Crippen LogP contribution in [0.2, 0.25) is 0 Å². The minimum absolute atomic E-state index is 0.353. The third-order valence-corrected chi connectivity index (χ3v) is 5.54. The van der Waals surface area contributed by atoms with E-state index in [0.29, 0.717) is 6.04 Å². The summed E-state index contributed by atoms with van der Waals surface area (Å²) in [6, 6.07) is 9.03. The normalized spacial score (nSPS) is 12.9. The Morgan fingerprint density at radius 1 is 1.19 bits per heavy atom. The predicted molar refractivity (Wildman–Crippen MR) is 93.4 cm³/mol. The number of nitrogens with one attached hydrogen (secondary N) is 1. The lowest BCUT2D eigenvalue weighted by Gasteiger charge is -2.17. The van der Waals surface area contributed by atoms with Crippen molar-refractivity contribution in [3.8, 4) is 0 Å². The summed E-state index contributed by atoms with van der Waals surface area (Å²) in [6.07, 6.45) is 2.12. The standard InChI is InChI=1S/C17H20N2S2/c1-3-8-18-15(9-17-19-12(2)10-21-17)14-11-20-16-7-5-4-6-13(14)16/h4-7,10-11,15,18H,3,8-9H2,1-2H3. The topological polar surface area (TPSA) is 24.9 Å². The molecule has 2 nitrogen and oxygen atoms in total. The third-order valence-electron chi connectivity index (χ3n) is 3.57. The highest BCUT2D eigenvalue weighted by atomic mass is 32.1. The molecule has 0 aliphatic heterocycles. The van der Waals surface area contributed by atoms with Crippen molar-refractivity contribution in [2.75, 3.05) is 6.54 Å². The van der Waals surface area contributed by atoms with Gasteiger partial charge in [0.1, 0.15) is 0 Å². The molecular formula is C17H20N2S2. The smallest absolute Gasteiger partial charge is 0.0947 e. The van der Waals surface area contributed by atoms with Gasteiger partial charge in [0.05, 0.1) is 5.01 Å². The van der Waals surface area contributed by atoms with Gasteiger partial charge < -0.3 is 5.32 Å². The first-order valence-electron chi connectivity index (χ1n) is 7.38. The van der Waals surface area contributed by atoms with Gasteiger partial charge in [-0.05, 0) is 42.3 Å². The summed E-state index contributed by atoms with van der Waals surface area (Å²) in [5.41, 5.74) is 2.54. The zero-order valence-corrected chi connectivity index (χ0v) is 14.1. The highest BCUT2D eigenvalue weighted by Gasteiger charge is 2.17. The SMILES string of the molecule is CCCNC(Cc1nc(C)cs1)c1csc2ccccc12. The van der Waals surface area contributed by atoms with Crippen LogP contribution >= 0.6 is 22.7 Å².